The first kappa shape index (κ1) is 15.5. The minimum absolute atomic E-state index is 0.0530. The molecule has 7 heteroatoms. The Morgan fingerprint density at radius 3 is 3.05 bits per heavy atom. The molecule has 0 aliphatic rings. The van der Waals surface area contributed by atoms with Crippen LogP contribution in [0.4, 0.5) is 5.13 Å². The van der Waals surface area contributed by atoms with Crippen LogP contribution in [0.25, 0.3) is 0 Å². The lowest BCUT2D eigenvalue weighted by Crippen LogP contribution is -2.07. The number of thiazole rings is 1. The van der Waals surface area contributed by atoms with Gasteiger partial charge in [0.05, 0.1) is 24.9 Å². The summed E-state index contributed by atoms with van der Waals surface area (Å²) < 4.78 is 10.4. The van der Waals surface area contributed by atoms with Crippen LogP contribution in [-0.4, -0.2) is 22.5 Å². The molecule has 0 bridgehead atoms. The number of hydrogen-bond acceptors (Lipinski definition) is 7. The molecule has 1 atom stereocenters. The maximum atomic E-state index is 11.3. The van der Waals surface area contributed by atoms with Gasteiger partial charge in [0.15, 0.2) is 5.13 Å². The van der Waals surface area contributed by atoms with Gasteiger partial charge in [0.2, 0.25) is 5.89 Å². The predicted octanol–water partition coefficient (Wildman–Crippen LogP) is 3.11. The second-order valence-electron chi connectivity index (χ2n) is 4.62. The molecule has 0 saturated carbocycles. The van der Waals surface area contributed by atoms with E-state index in [1.54, 1.807) is 13.1 Å². The van der Waals surface area contributed by atoms with Crippen LogP contribution in [0.3, 0.4) is 0 Å². The zero-order valence-corrected chi connectivity index (χ0v) is 13.2. The Kier molecular flexibility index (Phi) is 5.32. The Morgan fingerprint density at radius 2 is 2.38 bits per heavy atom. The van der Waals surface area contributed by atoms with Gasteiger partial charge in [-0.15, -0.1) is 11.3 Å². The molecule has 6 nitrogen and oxygen atoms in total. The highest BCUT2D eigenvalue weighted by atomic mass is 32.1. The molecular formula is C14H19N3O3S. The van der Waals surface area contributed by atoms with Gasteiger partial charge in [-0.3, -0.25) is 4.79 Å². The molecule has 0 radical (unpaired) electrons. The van der Waals surface area contributed by atoms with Crippen LogP contribution >= 0.6 is 11.3 Å². The second-order valence-corrected chi connectivity index (χ2v) is 5.48. The number of carbonyl (C=O) groups excluding carboxylic acids is 1. The van der Waals surface area contributed by atoms with Crippen molar-refractivity contribution in [1.82, 2.24) is 9.97 Å². The largest absolute Gasteiger partial charge is 0.466 e. The number of ether oxygens (including phenoxy) is 1. The molecule has 2 rings (SSSR count). The van der Waals surface area contributed by atoms with Crippen LogP contribution in [0.1, 0.15) is 43.7 Å². The molecule has 2 aromatic rings. The Morgan fingerprint density at radius 1 is 1.57 bits per heavy atom. The summed E-state index contributed by atoms with van der Waals surface area (Å²) in [5.41, 5.74) is 0.881. The number of esters is 1. The summed E-state index contributed by atoms with van der Waals surface area (Å²) in [5, 5.41) is 5.97. The first-order valence-electron chi connectivity index (χ1n) is 6.87. The van der Waals surface area contributed by atoms with E-state index in [1.165, 1.54) is 11.3 Å². The number of carbonyl (C=O) groups is 1. The Labute approximate surface area is 127 Å². The van der Waals surface area contributed by atoms with Crippen LogP contribution in [0.15, 0.2) is 16.0 Å². The Hall–Kier alpha value is -1.89. The third-order valence-electron chi connectivity index (χ3n) is 2.79. The van der Waals surface area contributed by atoms with Crippen molar-refractivity contribution < 1.29 is 13.9 Å². The van der Waals surface area contributed by atoms with Crippen LogP contribution in [0.5, 0.6) is 0 Å². The van der Waals surface area contributed by atoms with E-state index in [4.69, 9.17) is 9.15 Å². The van der Waals surface area contributed by atoms with E-state index in [-0.39, 0.29) is 12.0 Å². The average Bonchev–Trinajstić information content (AvgIpc) is 3.06. The zero-order chi connectivity index (χ0) is 15.2. The number of anilines is 1. The summed E-state index contributed by atoms with van der Waals surface area (Å²) in [6.45, 7) is 6.04. The number of hydrogen-bond donors (Lipinski definition) is 1. The summed E-state index contributed by atoms with van der Waals surface area (Å²) in [6, 6.07) is -0.0530. The van der Waals surface area contributed by atoms with Crippen molar-refractivity contribution in [3.8, 4) is 0 Å². The summed E-state index contributed by atoms with van der Waals surface area (Å²) >= 11 is 1.50. The maximum Gasteiger partial charge on any atom is 0.306 e. The van der Waals surface area contributed by atoms with Crippen molar-refractivity contribution in [1.29, 1.82) is 0 Å². The van der Waals surface area contributed by atoms with Crippen molar-refractivity contribution >= 4 is 22.4 Å². The molecule has 0 aromatic carbocycles. The number of aryl methyl sites for hydroxylation is 2. The molecule has 114 valence electrons. The molecule has 2 heterocycles. The van der Waals surface area contributed by atoms with Crippen molar-refractivity contribution in [2.45, 2.75) is 39.7 Å². The predicted molar refractivity (Wildman–Crippen MR) is 80.3 cm³/mol. The van der Waals surface area contributed by atoms with Crippen LogP contribution in [0, 0.1) is 6.92 Å². The third kappa shape index (κ3) is 4.56. The number of rotatable bonds is 7. The van der Waals surface area contributed by atoms with Crippen LogP contribution in [0.2, 0.25) is 0 Å². The second kappa shape index (κ2) is 7.21. The average molecular weight is 309 g/mol. The van der Waals surface area contributed by atoms with Gasteiger partial charge < -0.3 is 14.5 Å². The van der Waals surface area contributed by atoms with Gasteiger partial charge in [0.25, 0.3) is 0 Å². The van der Waals surface area contributed by atoms with E-state index < -0.39 is 0 Å². The molecule has 1 unspecified atom stereocenters. The summed E-state index contributed by atoms with van der Waals surface area (Å²) in [5.74, 6) is 1.23. The first-order chi connectivity index (χ1) is 10.1. The quantitative estimate of drug-likeness (QED) is 0.792. The topological polar surface area (TPSA) is 77.2 Å². The van der Waals surface area contributed by atoms with Gasteiger partial charge in [0, 0.05) is 11.8 Å². The fraction of sp³-hybridized carbons (Fsp3) is 0.500. The highest BCUT2D eigenvalue weighted by molar-refractivity contribution is 7.13. The highest BCUT2D eigenvalue weighted by Crippen LogP contribution is 2.22. The Balaban J connectivity index is 1.86. The fourth-order valence-electron chi connectivity index (χ4n) is 1.77. The lowest BCUT2D eigenvalue weighted by atomic mass is 10.2. The standard InChI is InChI=1S/C14H19N3O3S/c1-4-19-12(18)6-5-11-8-21-14(17-11)16-10(3)13-15-7-9(2)20-13/h7-8,10H,4-6H2,1-3H3,(H,16,17). The van der Waals surface area contributed by atoms with Gasteiger partial charge >= 0.3 is 5.97 Å². The molecule has 21 heavy (non-hydrogen) atoms. The van der Waals surface area contributed by atoms with Gasteiger partial charge in [-0.1, -0.05) is 0 Å². The fourth-order valence-corrected chi connectivity index (χ4v) is 2.60. The molecule has 1 N–H and O–H groups in total. The van der Waals surface area contributed by atoms with Gasteiger partial charge in [-0.2, -0.15) is 0 Å². The van der Waals surface area contributed by atoms with E-state index in [9.17, 15) is 4.79 Å². The number of oxazole rings is 1. The number of aromatic nitrogens is 2. The number of nitrogens with zero attached hydrogens (tertiary/aromatic N) is 2. The minimum Gasteiger partial charge on any atom is -0.466 e. The SMILES string of the molecule is CCOC(=O)CCc1csc(NC(C)c2ncc(C)o2)n1. The summed E-state index contributed by atoms with van der Waals surface area (Å²) in [4.78, 5) is 19.9. The molecule has 0 aliphatic carbocycles. The molecule has 0 amide bonds. The molecular weight excluding hydrogens is 290 g/mol. The van der Waals surface area contributed by atoms with E-state index in [0.717, 1.165) is 16.6 Å². The zero-order valence-electron chi connectivity index (χ0n) is 12.4. The minimum atomic E-state index is -0.191. The molecule has 0 saturated heterocycles. The maximum absolute atomic E-state index is 11.3. The van der Waals surface area contributed by atoms with Gasteiger partial charge in [-0.25, -0.2) is 9.97 Å². The smallest absolute Gasteiger partial charge is 0.306 e. The number of nitrogens with one attached hydrogen (secondary N) is 1. The van der Waals surface area contributed by atoms with E-state index >= 15 is 0 Å². The van der Waals surface area contributed by atoms with Gasteiger partial charge in [-0.05, 0) is 20.8 Å². The molecule has 0 spiro atoms. The van der Waals surface area contributed by atoms with E-state index in [1.807, 2.05) is 19.2 Å². The van der Waals surface area contributed by atoms with E-state index in [2.05, 4.69) is 15.3 Å². The lowest BCUT2D eigenvalue weighted by Gasteiger charge is -2.08. The monoisotopic (exact) mass is 309 g/mol. The van der Waals surface area contributed by atoms with Crippen molar-refractivity contribution in [2.24, 2.45) is 0 Å². The third-order valence-corrected chi connectivity index (χ3v) is 3.61. The summed E-state index contributed by atoms with van der Waals surface area (Å²) in [7, 11) is 0. The van der Waals surface area contributed by atoms with Crippen LogP contribution in [-0.2, 0) is 16.0 Å². The van der Waals surface area contributed by atoms with Gasteiger partial charge in [0.1, 0.15) is 11.8 Å². The Bertz CT molecular complexity index is 594. The van der Waals surface area contributed by atoms with E-state index in [0.29, 0.717) is 25.3 Å². The molecule has 0 fully saturated rings. The highest BCUT2D eigenvalue weighted by Gasteiger charge is 2.13. The molecule has 2 aromatic heterocycles. The summed E-state index contributed by atoms with van der Waals surface area (Å²) in [6.07, 6.45) is 2.63. The van der Waals surface area contributed by atoms with Crippen LogP contribution < -0.4 is 5.32 Å². The first-order valence-corrected chi connectivity index (χ1v) is 7.75. The van der Waals surface area contributed by atoms with Crippen molar-refractivity contribution in [2.75, 3.05) is 11.9 Å². The van der Waals surface area contributed by atoms with Crippen molar-refractivity contribution in [3.05, 3.63) is 28.9 Å². The van der Waals surface area contributed by atoms with Crippen molar-refractivity contribution in [3.63, 3.8) is 0 Å². The lowest BCUT2D eigenvalue weighted by molar-refractivity contribution is -0.143. The molecule has 0 aliphatic heterocycles. The normalized spacial score (nSPS) is 12.1.